The van der Waals surface area contributed by atoms with Crippen LogP contribution in [-0.4, -0.2) is 25.8 Å². The van der Waals surface area contributed by atoms with E-state index < -0.39 is 0 Å². The lowest BCUT2D eigenvalue weighted by molar-refractivity contribution is -0.154. The lowest BCUT2D eigenvalue weighted by Crippen LogP contribution is -2.45. The molecule has 0 N–H and O–H groups in total. The van der Waals surface area contributed by atoms with E-state index in [2.05, 4.69) is 18.2 Å². The molecule has 94 valence electrons. The van der Waals surface area contributed by atoms with Crippen molar-refractivity contribution in [2.45, 2.75) is 38.7 Å². The molecule has 0 aromatic carbocycles. The molecular weight excluding hydrogens is 216 g/mol. The number of rotatable bonds is 3. The Balaban J connectivity index is 2.29. The van der Waals surface area contributed by atoms with Crippen LogP contribution in [0.3, 0.4) is 0 Å². The van der Waals surface area contributed by atoms with Gasteiger partial charge in [0.2, 0.25) is 0 Å². The second kappa shape index (κ2) is 5.05. The molecule has 0 radical (unpaired) electrons. The highest BCUT2D eigenvalue weighted by Crippen LogP contribution is 2.46. The van der Waals surface area contributed by atoms with E-state index in [1.807, 2.05) is 0 Å². The Morgan fingerprint density at radius 2 is 2.41 bits per heavy atom. The van der Waals surface area contributed by atoms with Gasteiger partial charge in [-0.2, -0.15) is 0 Å². The van der Waals surface area contributed by atoms with Gasteiger partial charge in [0.05, 0.1) is 12.0 Å². The molecule has 0 unspecified atom stereocenters. The maximum atomic E-state index is 11.2. The van der Waals surface area contributed by atoms with Gasteiger partial charge in [0, 0.05) is 14.0 Å². The van der Waals surface area contributed by atoms with Gasteiger partial charge in [-0.15, -0.1) is 0 Å². The Hall–Kier alpha value is -1.09. The van der Waals surface area contributed by atoms with Crippen molar-refractivity contribution in [2.75, 3.05) is 13.7 Å². The van der Waals surface area contributed by atoms with E-state index in [0.717, 1.165) is 25.7 Å². The first-order chi connectivity index (χ1) is 8.19. The molecule has 3 heteroatoms. The maximum absolute atomic E-state index is 11.2. The number of ether oxygens (including phenoxy) is 2. The summed E-state index contributed by atoms with van der Waals surface area (Å²) >= 11 is 0. The number of carbonyl (C=O) groups excluding carboxylic acids is 1. The van der Waals surface area contributed by atoms with Gasteiger partial charge in [0.15, 0.2) is 0 Å². The quantitative estimate of drug-likeness (QED) is 0.558. The summed E-state index contributed by atoms with van der Waals surface area (Å²) in [6.45, 7) is 2.07. The summed E-state index contributed by atoms with van der Waals surface area (Å²) in [5.74, 6) is -0.203. The first kappa shape index (κ1) is 12.4. The fourth-order valence-electron chi connectivity index (χ4n) is 3.01. The summed E-state index contributed by atoms with van der Waals surface area (Å²) in [5.41, 5.74) is 1.16. The summed E-state index contributed by atoms with van der Waals surface area (Å²) in [6.07, 6.45) is 10.6. The molecule has 0 aliphatic heterocycles. The van der Waals surface area contributed by atoms with Crippen LogP contribution >= 0.6 is 0 Å². The predicted molar refractivity (Wildman–Crippen MR) is 65.6 cm³/mol. The minimum Gasteiger partial charge on any atom is -0.461 e. The molecule has 3 nitrogen and oxygen atoms in total. The van der Waals surface area contributed by atoms with Crippen molar-refractivity contribution in [3.05, 3.63) is 23.8 Å². The number of carbonyl (C=O) groups is 1. The Bertz CT molecular complexity index is 356. The molecular formula is C14H20O3. The fourth-order valence-corrected chi connectivity index (χ4v) is 3.01. The molecule has 2 rings (SSSR count). The average Bonchev–Trinajstić information content (AvgIpc) is 2.30. The van der Waals surface area contributed by atoms with Crippen LogP contribution in [0.25, 0.3) is 0 Å². The molecule has 2 atom stereocenters. The molecule has 0 aromatic heterocycles. The van der Waals surface area contributed by atoms with E-state index in [-0.39, 0.29) is 17.5 Å². The van der Waals surface area contributed by atoms with Gasteiger partial charge in [-0.25, -0.2) is 0 Å². The van der Waals surface area contributed by atoms with Crippen molar-refractivity contribution < 1.29 is 14.3 Å². The van der Waals surface area contributed by atoms with Crippen molar-refractivity contribution >= 4 is 5.97 Å². The zero-order valence-corrected chi connectivity index (χ0v) is 10.6. The first-order valence-electron chi connectivity index (χ1n) is 6.22. The number of allylic oxidation sites excluding steroid dienone is 2. The number of hydrogen-bond donors (Lipinski definition) is 0. The minimum atomic E-state index is -0.211. The highest BCUT2D eigenvalue weighted by molar-refractivity contribution is 5.66. The number of methoxy groups -OCH3 is 1. The van der Waals surface area contributed by atoms with Crippen LogP contribution in [0.15, 0.2) is 23.8 Å². The van der Waals surface area contributed by atoms with Gasteiger partial charge in [-0.1, -0.05) is 23.8 Å². The predicted octanol–water partition coefficient (Wildman–Crippen LogP) is 2.62. The monoisotopic (exact) mass is 236 g/mol. The summed E-state index contributed by atoms with van der Waals surface area (Å²) in [6, 6.07) is 0. The van der Waals surface area contributed by atoms with Crippen LogP contribution in [0.2, 0.25) is 0 Å². The summed E-state index contributed by atoms with van der Waals surface area (Å²) in [5, 5.41) is 0. The highest BCUT2D eigenvalue weighted by Gasteiger charge is 2.45. The minimum absolute atomic E-state index is 0.0727. The third kappa shape index (κ3) is 2.29. The van der Waals surface area contributed by atoms with Crippen LogP contribution in [0.5, 0.6) is 0 Å². The first-order valence-corrected chi connectivity index (χ1v) is 6.22. The van der Waals surface area contributed by atoms with Crippen molar-refractivity contribution in [1.82, 2.24) is 0 Å². The van der Waals surface area contributed by atoms with Crippen molar-refractivity contribution in [2.24, 2.45) is 5.41 Å². The van der Waals surface area contributed by atoms with Gasteiger partial charge < -0.3 is 9.47 Å². The largest absolute Gasteiger partial charge is 0.461 e. The second-order valence-corrected chi connectivity index (χ2v) is 4.83. The molecule has 0 saturated heterocycles. The van der Waals surface area contributed by atoms with Gasteiger partial charge in [0.25, 0.3) is 0 Å². The van der Waals surface area contributed by atoms with E-state index in [4.69, 9.17) is 9.47 Å². The van der Waals surface area contributed by atoms with Crippen LogP contribution in [0.4, 0.5) is 0 Å². The maximum Gasteiger partial charge on any atom is 0.302 e. The topological polar surface area (TPSA) is 35.5 Å². The zero-order valence-electron chi connectivity index (χ0n) is 10.6. The summed E-state index contributed by atoms with van der Waals surface area (Å²) in [7, 11) is 1.70. The zero-order chi connectivity index (χ0) is 12.3. The number of fused-ring (bicyclic) bond motifs is 1. The number of esters is 1. The molecule has 2 aliphatic rings. The van der Waals surface area contributed by atoms with E-state index in [1.165, 1.54) is 12.5 Å². The van der Waals surface area contributed by atoms with Gasteiger partial charge in [-0.05, 0) is 25.7 Å². The van der Waals surface area contributed by atoms with Gasteiger partial charge in [0.1, 0.15) is 6.10 Å². The van der Waals surface area contributed by atoms with Crippen molar-refractivity contribution in [3.63, 3.8) is 0 Å². The van der Waals surface area contributed by atoms with Gasteiger partial charge >= 0.3 is 5.97 Å². The van der Waals surface area contributed by atoms with Crippen LogP contribution < -0.4 is 0 Å². The third-order valence-electron chi connectivity index (χ3n) is 3.69. The Morgan fingerprint density at radius 3 is 3.12 bits per heavy atom. The fraction of sp³-hybridized carbons (Fsp3) is 0.643. The third-order valence-corrected chi connectivity index (χ3v) is 3.69. The van der Waals surface area contributed by atoms with Crippen molar-refractivity contribution in [3.8, 4) is 0 Å². The average molecular weight is 236 g/mol. The van der Waals surface area contributed by atoms with Crippen LogP contribution in [-0.2, 0) is 14.3 Å². The normalized spacial score (nSPS) is 31.6. The Kier molecular flexibility index (Phi) is 3.67. The lowest BCUT2D eigenvalue weighted by atomic mass is 9.66. The van der Waals surface area contributed by atoms with E-state index >= 15 is 0 Å². The van der Waals surface area contributed by atoms with E-state index in [1.54, 1.807) is 7.11 Å². The Labute approximate surface area is 102 Å². The standard InChI is InChI=1S/C14H20O3/c1-11(15)17-13-8-5-7-12-6-3-4-9-14(12,13)10-16-2/h4,6,9,13H,3,5,7-8,10H2,1-2H3/t13-,14+/m1/s1. The molecule has 0 amide bonds. The SMILES string of the molecule is COC[C@@]12C=CCC=C1CCC[C@H]2OC(C)=O. The molecule has 2 aliphatic carbocycles. The smallest absolute Gasteiger partial charge is 0.302 e. The Morgan fingerprint density at radius 1 is 1.59 bits per heavy atom. The summed E-state index contributed by atoms with van der Waals surface area (Å²) in [4.78, 5) is 11.2. The molecule has 0 aromatic rings. The lowest BCUT2D eigenvalue weighted by Gasteiger charge is -2.44. The van der Waals surface area contributed by atoms with E-state index in [9.17, 15) is 4.79 Å². The van der Waals surface area contributed by atoms with E-state index in [0.29, 0.717) is 6.61 Å². The summed E-state index contributed by atoms with van der Waals surface area (Å²) < 4.78 is 10.9. The molecule has 0 spiro atoms. The molecule has 1 saturated carbocycles. The van der Waals surface area contributed by atoms with Crippen LogP contribution in [0.1, 0.15) is 32.6 Å². The molecule has 17 heavy (non-hydrogen) atoms. The van der Waals surface area contributed by atoms with Gasteiger partial charge in [-0.3, -0.25) is 4.79 Å². The molecule has 0 heterocycles. The molecule has 0 bridgehead atoms. The second-order valence-electron chi connectivity index (χ2n) is 4.83. The molecule has 1 fully saturated rings. The highest BCUT2D eigenvalue weighted by atomic mass is 16.5. The van der Waals surface area contributed by atoms with Crippen LogP contribution in [0, 0.1) is 5.41 Å². The van der Waals surface area contributed by atoms with Crippen molar-refractivity contribution in [1.29, 1.82) is 0 Å². The number of hydrogen-bond acceptors (Lipinski definition) is 3.